The number of piperidine rings is 1. The molecule has 0 saturated carbocycles. The van der Waals surface area contributed by atoms with Crippen LogP contribution in [-0.2, 0) is 10.0 Å². The maximum Gasteiger partial charge on any atom is 0.244 e. The van der Waals surface area contributed by atoms with E-state index in [2.05, 4.69) is 20.6 Å². The van der Waals surface area contributed by atoms with Crippen LogP contribution in [0.4, 0.5) is 11.6 Å². The Balaban J connectivity index is 1.51. The second-order valence-corrected chi connectivity index (χ2v) is 7.85. The van der Waals surface area contributed by atoms with E-state index in [1.165, 1.54) is 6.20 Å². The van der Waals surface area contributed by atoms with Gasteiger partial charge in [-0.25, -0.2) is 18.4 Å². The highest BCUT2D eigenvalue weighted by Crippen LogP contribution is 2.20. The smallest absolute Gasteiger partial charge is 0.244 e. The van der Waals surface area contributed by atoms with Crippen molar-refractivity contribution in [3.8, 4) is 0 Å². The van der Waals surface area contributed by atoms with E-state index >= 15 is 0 Å². The number of sulfonamides is 1. The molecule has 0 aliphatic carbocycles. The zero-order valence-corrected chi connectivity index (χ0v) is 14.9. The van der Waals surface area contributed by atoms with Crippen LogP contribution in [0.2, 0.25) is 0 Å². The standard InChI is InChI=1S/C17H23N5O2S/c23-25(24,22-12-4-1-5-13-22)15-7-8-17(21-14-15)20-11-10-19-16-6-2-3-9-18-16/h2-3,6-9,14H,1,4-5,10-13H2,(H,18,19)(H,20,21). The Kier molecular flexibility index (Phi) is 5.83. The summed E-state index contributed by atoms with van der Waals surface area (Å²) in [5, 5.41) is 6.35. The van der Waals surface area contributed by atoms with Gasteiger partial charge in [0.2, 0.25) is 10.0 Å². The zero-order chi connectivity index (χ0) is 17.5. The third kappa shape index (κ3) is 4.67. The first-order valence-electron chi connectivity index (χ1n) is 8.51. The number of rotatable bonds is 7. The van der Waals surface area contributed by atoms with Crippen LogP contribution in [0.5, 0.6) is 0 Å². The van der Waals surface area contributed by atoms with E-state index in [0.717, 1.165) is 25.1 Å². The minimum Gasteiger partial charge on any atom is -0.368 e. The molecule has 2 aromatic rings. The molecule has 2 N–H and O–H groups in total. The molecule has 1 aliphatic rings. The van der Waals surface area contributed by atoms with E-state index in [1.54, 1.807) is 22.6 Å². The van der Waals surface area contributed by atoms with Crippen molar-refractivity contribution in [2.75, 3.05) is 36.8 Å². The van der Waals surface area contributed by atoms with Crippen LogP contribution >= 0.6 is 0 Å². The van der Waals surface area contributed by atoms with Gasteiger partial charge in [-0.3, -0.25) is 0 Å². The molecule has 0 spiro atoms. The molecule has 0 amide bonds. The molecule has 1 fully saturated rings. The Morgan fingerprint density at radius 1 is 0.920 bits per heavy atom. The van der Waals surface area contributed by atoms with Crippen molar-refractivity contribution in [2.45, 2.75) is 24.2 Å². The fraction of sp³-hybridized carbons (Fsp3) is 0.412. The summed E-state index contributed by atoms with van der Waals surface area (Å²) in [6.45, 7) is 2.54. The molecule has 8 heteroatoms. The number of nitrogens with one attached hydrogen (secondary N) is 2. The van der Waals surface area contributed by atoms with Gasteiger partial charge >= 0.3 is 0 Å². The topological polar surface area (TPSA) is 87.2 Å². The first-order valence-corrected chi connectivity index (χ1v) is 9.95. The lowest BCUT2D eigenvalue weighted by atomic mass is 10.2. The normalized spacial score (nSPS) is 15.7. The van der Waals surface area contributed by atoms with Gasteiger partial charge in [-0.2, -0.15) is 4.31 Å². The molecular formula is C17H23N5O2S. The third-order valence-corrected chi connectivity index (χ3v) is 5.97. The number of anilines is 2. The van der Waals surface area contributed by atoms with Crippen molar-refractivity contribution in [1.29, 1.82) is 0 Å². The lowest BCUT2D eigenvalue weighted by Gasteiger charge is -2.25. The van der Waals surface area contributed by atoms with Crippen LogP contribution in [0.1, 0.15) is 19.3 Å². The molecule has 1 aliphatic heterocycles. The second kappa shape index (κ2) is 8.26. The van der Waals surface area contributed by atoms with E-state index in [1.807, 2.05) is 18.2 Å². The quantitative estimate of drug-likeness (QED) is 0.735. The van der Waals surface area contributed by atoms with Gasteiger partial charge in [-0.15, -0.1) is 0 Å². The van der Waals surface area contributed by atoms with Gasteiger partial charge < -0.3 is 10.6 Å². The highest BCUT2D eigenvalue weighted by atomic mass is 32.2. The van der Waals surface area contributed by atoms with Crippen LogP contribution in [0.3, 0.4) is 0 Å². The lowest BCUT2D eigenvalue weighted by Crippen LogP contribution is -2.35. The average Bonchev–Trinajstić information content (AvgIpc) is 2.67. The fourth-order valence-electron chi connectivity index (χ4n) is 2.74. The second-order valence-electron chi connectivity index (χ2n) is 5.91. The summed E-state index contributed by atoms with van der Waals surface area (Å²) in [5.74, 6) is 1.47. The van der Waals surface area contributed by atoms with Gasteiger partial charge in [0.1, 0.15) is 16.5 Å². The molecule has 2 aromatic heterocycles. The van der Waals surface area contributed by atoms with Crippen LogP contribution in [0.15, 0.2) is 47.6 Å². The minimum absolute atomic E-state index is 0.256. The maximum absolute atomic E-state index is 12.6. The minimum atomic E-state index is -3.42. The number of pyridine rings is 2. The van der Waals surface area contributed by atoms with Crippen LogP contribution in [-0.4, -0.2) is 48.9 Å². The average molecular weight is 361 g/mol. The SMILES string of the molecule is O=S(=O)(c1ccc(NCCNc2ccccn2)nc1)N1CCCCC1. The molecule has 25 heavy (non-hydrogen) atoms. The van der Waals surface area contributed by atoms with Gasteiger partial charge in [-0.05, 0) is 37.1 Å². The highest BCUT2D eigenvalue weighted by Gasteiger charge is 2.25. The molecule has 3 heterocycles. The summed E-state index contributed by atoms with van der Waals surface area (Å²) < 4.78 is 26.7. The molecule has 0 aromatic carbocycles. The molecule has 1 saturated heterocycles. The zero-order valence-electron chi connectivity index (χ0n) is 14.1. The summed E-state index contributed by atoms with van der Waals surface area (Å²) in [6.07, 6.45) is 6.11. The predicted octanol–water partition coefficient (Wildman–Crippen LogP) is 2.18. The number of nitrogens with zero attached hydrogens (tertiary/aromatic N) is 3. The van der Waals surface area contributed by atoms with Gasteiger partial charge in [-0.1, -0.05) is 12.5 Å². The first-order chi connectivity index (χ1) is 12.2. The van der Waals surface area contributed by atoms with Gasteiger partial charge in [0.05, 0.1) is 0 Å². The van der Waals surface area contributed by atoms with Crippen molar-refractivity contribution in [1.82, 2.24) is 14.3 Å². The van der Waals surface area contributed by atoms with Crippen LogP contribution < -0.4 is 10.6 Å². The summed E-state index contributed by atoms with van der Waals surface area (Å²) in [4.78, 5) is 8.66. The van der Waals surface area contributed by atoms with Gasteiger partial charge in [0.15, 0.2) is 0 Å². The van der Waals surface area contributed by atoms with Crippen molar-refractivity contribution >= 4 is 21.7 Å². The van der Waals surface area contributed by atoms with Crippen molar-refractivity contribution in [3.63, 3.8) is 0 Å². The maximum atomic E-state index is 12.6. The van der Waals surface area contributed by atoms with Gasteiger partial charge in [0.25, 0.3) is 0 Å². The Morgan fingerprint density at radius 2 is 1.64 bits per heavy atom. The Labute approximate surface area is 148 Å². The van der Waals surface area contributed by atoms with Crippen LogP contribution in [0.25, 0.3) is 0 Å². The van der Waals surface area contributed by atoms with Crippen LogP contribution in [0, 0.1) is 0 Å². The molecular weight excluding hydrogens is 338 g/mol. The molecule has 7 nitrogen and oxygen atoms in total. The Bertz CT molecular complexity index is 759. The third-order valence-electron chi connectivity index (χ3n) is 4.09. The predicted molar refractivity (Wildman–Crippen MR) is 98.1 cm³/mol. The van der Waals surface area contributed by atoms with Crippen molar-refractivity contribution in [2.24, 2.45) is 0 Å². The molecule has 0 atom stereocenters. The van der Waals surface area contributed by atoms with Crippen molar-refractivity contribution < 1.29 is 8.42 Å². The van der Waals surface area contributed by atoms with E-state index in [9.17, 15) is 8.42 Å². The van der Waals surface area contributed by atoms with Crippen molar-refractivity contribution in [3.05, 3.63) is 42.7 Å². The number of hydrogen-bond donors (Lipinski definition) is 2. The fourth-order valence-corrected chi connectivity index (χ4v) is 4.20. The summed E-state index contributed by atoms with van der Waals surface area (Å²) >= 11 is 0. The largest absolute Gasteiger partial charge is 0.368 e. The Morgan fingerprint density at radius 3 is 2.24 bits per heavy atom. The first kappa shape index (κ1) is 17.6. The van der Waals surface area contributed by atoms with E-state index < -0.39 is 10.0 Å². The molecule has 0 radical (unpaired) electrons. The number of aromatic nitrogens is 2. The summed E-state index contributed by atoms with van der Waals surface area (Å²) in [6, 6.07) is 9.01. The van der Waals surface area contributed by atoms with E-state index in [-0.39, 0.29) is 4.90 Å². The van der Waals surface area contributed by atoms with Gasteiger partial charge in [0, 0.05) is 38.6 Å². The monoisotopic (exact) mass is 361 g/mol. The molecule has 0 bridgehead atoms. The Hall–Kier alpha value is -2.19. The van der Waals surface area contributed by atoms with E-state index in [4.69, 9.17) is 0 Å². The molecule has 134 valence electrons. The molecule has 3 rings (SSSR count). The van der Waals surface area contributed by atoms with E-state index in [0.29, 0.717) is 32.0 Å². The summed E-state index contributed by atoms with van der Waals surface area (Å²) in [7, 11) is -3.42. The highest BCUT2D eigenvalue weighted by molar-refractivity contribution is 7.89. The molecule has 0 unspecified atom stereocenters. The lowest BCUT2D eigenvalue weighted by molar-refractivity contribution is 0.346. The summed E-state index contributed by atoms with van der Waals surface area (Å²) in [5.41, 5.74) is 0. The number of hydrogen-bond acceptors (Lipinski definition) is 6.